The summed E-state index contributed by atoms with van der Waals surface area (Å²) in [7, 11) is 0. The molecular weight excluding hydrogens is 361 g/mol. The van der Waals surface area contributed by atoms with Gasteiger partial charge in [-0.05, 0) is 30.5 Å². The molecule has 3 heterocycles. The van der Waals surface area contributed by atoms with Crippen molar-refractivity contribution in [3.8, 4) is 11.1 Å². The topological polar surface area (TPSA) is 84.6 Å². The number of morpholine rings is 1. The Hall–Kier alpha value is -2.58. The molecule has 1 aromatic heterocycles. The van der Waals surface area contributed by atoms with Crippen molar-refractivity contribution in [1.82, 2.24) is 19.8 Å². The van der Waals surface area contributed by atoms with Gasteiger partial charge in [-0.3, -0.25) is 9.69 Å². The minimum absolute atomic E-state index is 0.0757. The number of aromatic nitrogens is 2. The molecule has 1 aromatic carbocycles. The number of nitrogens with zero attached hydrogens (tertiary/aromatic N) is 4. The molecule has 2 N–H and O–H groups in total. The summed E-state index contributed by atoms with van der Waals surface area (Å²) in [5, 5.41) is 0. The molecule has 0 aliphatic carbocycles. The van der Waals surface area contributed by atoms with Gasteiger partial charge in [-0.25, -0.2) is 14.4 Å². The number of nitrogen functional groups attached to an aromatic ring is 1. The smallest absolute Gasteiger partial charge is 0.237 e. The molecule has 2 saturated heterocycles. The van der Waals surface area contributed by atoms with Crippen LogP contribution in [-0.4, -0.2) is 65.1 Å². The zero-order valence-electron chi connectivity index (χ0n) is 15.7. The Balaban J connectivity index is 1.62. The quantitative estimate of drug-likeness (QED) is 0.865. The summed E-state index contributed by atoms with van der Waals surface area (Å²) in [5.74, 6) is -0.0960. The SMILES string of the molecule is Nc1ncc(-c2cccc(F)c2)c(C2CCCN2C(=O)CN2CCOCC2)n1. The lowest BCUT2D eigenvalue weighted by molar-refractivity contribution is -0.134. The molecule has 1 amide bonds. The third-order valence-corrected chi connectivity index (χ3v) is 5.32. The Kier molecular flexibility index (Phi) is 5.50. The lowest BCUT2D eigenvalue weighted by atomic mass is 9.99. The molecule has 8 heteroatoms. The molecule has 1 unspecified atom stereocenters. The van der Waals surface area contributed by atoms with E-state index in [0.29, 0.717) is 43.1 Å². The third-order valence-electron chi connectivity index (χ3n) is 5.32. The van der Waals surface area contributed by atoms with Gasteiger partial charge in [0.25, 0.3) is 0 Å². The first kappa shape index (κ1) is 18.8. The number of halogens is 1. The number of carbonyl (C=O) groups excluding carboxylic acids is 1. The molecule has 4 rings (SSSR count). The van der Waals surface area contributed by atoms with Crippen molar-refractivity contribution in [1.29, 1.82) is 0 Å². The summed E-state index contributed by atoms with van der Waals surface area (Å²) >= 11 is 0. The highest BCUT2D eigenvalue weighted by Crippen LogP contribution is 2.36. The van der Waals surface area contributed by atoms with Crippen LogP contribution in [0.15, 0.2) is 30.5 Å². The van der Waals surface area contributed by atoms with Crippen molar-refractivity contribution in [2.24, 2.45) is 0 Å². The summed E-state index contributed by atoms with van der Waals surface area (Å²) in [5.41, 5.74) is 7.93. The van der Waals surface area contributed by atoms with Gasteiger partial charge in [-0.2, -0.15) is 0 Å². The fraction of sp³-hybridized carbons (Fsp3) is 0.450. The van der Waals surface area contributed by atoms with E-state index in [-0.39, 0.29) is 23.7 Å². The van der Waals surface area contributed by atoms with E-state index in [1.807, 2.05) is 11.0 Å². The van der Waals surface area contributed by atoms with E-state index in [2.05, 4.69) is 14.9 Å². The van der Waals surface area contributed by atoms with Crippen molar-refractivity contribution in [2.75, 3.05) is 45.1 Å². The highest BCUT2D eigenvalue weighted by molar-refractivity contribution is 5.79. The van der Waals surface area contributed by atoms with Gasteiger partial charge in [0.2, 0.25) is 11.9 Å². The second-order valence-corrected chi connectivity index (χ2v) is 7.17. The van der Waals surface area contributed by atoms with Gasteiger partial charge in [0, 0.05) is 31.4 Å². The molecule has 2 fully saturated rings. The highest BCUT2D eigenvalue weighted by atomic mass is 19.1. The van der Waals surface area contributed by atoms with Crippen LogP contribution in [0.3, 0.4) is 0 Å². The Morgan fingerprint density at radius 2 is 2.11 bits per heavy atom. The van der Waals surface area contributed by atoms with E-state index < -0.39 is 0 Å². The maximum atomic E-state index is 13.8. The number of carbonyl (C=O) groups is 1. The van der Waals surface area contributed by atoms with E-state index in [9.17, 15) is 9.18 Å². The number of rotatable bonds is 4. The van der Waals surface area contributed by atoms with Gasteiger partial charge in [0.1, 0.15) is 5.82 Å². The Morgan fingerprint density at radius 3 is 2.89 bits per heavy atom. The Bertz CT molecular complexity index is 856. The minimum atomic E-state index is -0.327. The van der Waals surface area contributed by atoms with Crippen LogP contribution in [0.4, 0.5) is 10.3 Å². The number of anilines is 1. The van der Waals surface area contributed by atoms with Gasteiger partial charge in [0.15, 0.2) is 0 Å². The second kappa shape index (κ2) is 8.20. The number of amides is 1. The lowest BCUT2D eigenvalue weighted by Gasteiger charge is -2.31. The van der Waals surface area contributed by atoms with Crippen molar-refractivity contribution in [3.63, 3.8) is 0 Å². The standard InChI is InChI=1S/C20H24FN5O2/c21-15-4-1-3-14(11-15)16-12-23-20(22)24-19(16)17-5-2-6-26(17)18(27)13-25-7-9-28-10-8-25/h1,3-4,11-12,17H,2,5-10,13H2,(H2,22,23,24). The van der Waals surface area contributed by atoms with Gasteiger partial charge in [-0.15, -0.1) is 0 Å². The number of benzene rings is 1. The van der Waals surface area contributed by atoms with Gasteiger partial charge in [0.05, 0.1) is 31.5 Å². The van der Waals surface area contributed by atoms with Crippen molar-refractivity contribution >= 4 is 11.9 Å². The first-order valence-corrected chi connectivity index (χ1v) is 9.60. The number of ether oxygens (including phenoxy) is 1. The van der Waals surface area contributed by atoms with Crippen LogP contribution < -0.4 is 5.73 Å². The predicted molar refractivity (Wildman–Crippen MR) is 103 cm³/mol. The van der Waals surface area contributed by atoms with Crippen molar-refractivity contribution in [2.45, 2.75) is 18.9 Å². The van der Waals surface area contributed by atoms with E-state index in [1.165, 1.54) is 12.1 Å². The zero-order valence-corrected chi connectivity index (χ0v) is 15.7. The summed E-state index contributed by atoms with van der Waals surface area (Å²) < 4.78 is 19.1. The van der Waals surface area contributed by atoms with Crippen LogP contribution in [-0.2, 0) is 9.53 Å². The molecule has 148 valence electrons. The molecule has 7 nitrogen and oxygen atoms in total. The first-order valence-electron chi connectivity index (χ1n) is 9.60. The van der Waals surface area contributed by atoms with Crippen molar-refractivity contribution in [3.05, 3.63) is 42.0 Å². The van der Waals surface area contributed by atoms with E-state index >= 15 is 0 Å². The average molecular weight is 385 g/mol. The van der Waals surface area contributed by atoms with E-state index in [1.54, 1.807) is 12.3 Å². The molecule has 0 spiro atoms. The molecule has 2 aliphatic heterocycles. The fourth-order valence-electron chi connectivity index (χ4n) is 3.93. The fourth-order valence-corrected chi connectivity index (χ4v) is 3.93. The number of likely N-dealkylation sites (tertiary alicyclic amines) is 1. The van der Waals surface area contributed by atoms with E-state index in [0.717, 1.165) is 25.9 Å². The normalized spacial score (nSPS) is 20.5. The number of nitrogens with two attached hydrogens (primary N) is 1. The Morgan fingerprint density at radius 1 is 1.29 bits per heavy atom. The molecular formula is C20H24FN5O2. The molecule has 2 aliphatic rings. The van der Waals surface area contributed by atoms with Crippen LogP contribution in [0.5, 0.6) is 0 Å². The predicted octanol–water partition coefficient (Wildman–Crippen LogP) is 1.86. The summed E-state index contributed by atoms with van der Waals surface area (Å²) in [6.07, 6.45) is 3.31. The summed E-state index contributed by atoms with van der Waals surface area (Å²) in [6, 6.07) is 6.14. The molecule has 2 aromatic rings. The monoisotopic (exact) mass is 385 g/mol. The van der Waals surface area contributed by atoms with E-state index in [4.69, 9.17) is 10.5 Å². The second-order valence-electron chi connectivity index (χ2n) is 7.17. The van der Waals surface area contributed by atoms with Crippen molar-refractivity contribution < 1.29 is 13.9 Å². The highest BCUT2D eigenvalue weighted by Gasteiger charge is 2.33. The number of hydrogen-bond acceptors (Lipinski definition) is 6. The lowest BCUT2D eigenvalue weighted by Crippen LogP contribution is -2.44. The average Bonchev–Trinajstić information content (AvgIpc) is 3.18. The largest absolute Gasteiger partial charge is 0.379 e. The maximum Gasteiger partial charge on any atom is 0.237 e. The third kappa shape index (κ3) is 3.98. The summed E-state index contributed by atoms with van der Waals surface area (Å²) in [6.45, 7) is 3.89. The molecule has 28 heavy (non-hydrogen) atoms. The van der Waals surface area contributed by atoms with Crippen LogP contribution in [0.25, 0.3) is 11.1 Å². The maximum absolute atomic E-state index is 13.8. The molecule has 1 atom stereocenters. The van der Waals surface area contributed by atoms with Gasteiger partial charge >= 0.3 is 0 Å². The molecule has 0 radical (unpaired) electrons. The van der Waals surface area contributed by atoms with Crippen LogP contribution in [0.1, 0.15) is 24.6 Å². The molecule has 0 saturated carbocycles. The zero-order chi connectivity index (χ0) is 19.5. The van der Waals surface area contributed by atoms with Gasteiger partial charge in [-0.1, -0.05) is 12.1 Å². The van der Waals surface area contributed by atoms with Crippen LogP contribution >= 0.6 is 0 Å². The van der Waals surface area contributed by atoms with Crippen LogP contribution in [0, 0.1) is 5.82 Å². The number of hydrogen-bond donors (Lipinski definition) is 1. The van der Waals surface area contributed by atoms with Crippen LogP contribution in [0.2, 0.25) is 0 Å². The summed E-state index contributed by atoms with van der Waals surface area (Å²) in [4.78, 5) is 25.5. The van der Waals surface area contributed by atoms with Gasteiger partial charge < -0.3 is 15.4 Å². The molecule has 0 bridgehead atoms. The first-order chi connectivity index (χ1) is 13.6. The minimum Gasteiger partial charge on any atom is -0.379 e. The Labute approximate surface area is 163 Å².